The molecule has 2 N–H and O–H groups in total. The molecule has 1 aliphatic heterocycles. The number of hydrogen-bond donors (Lipinski definition) is 2. The molecular formula is C28H34FN5O3S. The zero-order valence-electron chi connectivity index (χ0n) is 22.2. The van der Waals surface area contributed by atoms with E-state index >= 15 is 0 Å². The van der Waals surface area contributed by atoms with E-state index in [0.29, 0.717) is 36.0 Å². The van der Waals surface area contributed by atoms with Gasteiger partial charge in [0.2, 0.25) is 0 Å². The SMILES string of the molecule is C=Cc1c2cccc(N[C@@H]3CCN(C(C)C)C[C@@H]3F)c2nn1C#CCNc1ccc(S(C)(=O)=O)cc1OC. The van der Waals surface area contributed by atoms with Gasteiger partial charge in [-0.2, -0.15) is 9.78 Å². The van der Waals surface area contributed by atoms with E-state index in [1.165, 1.54) is 19.2 Å². The Morgan fingerprint density at radius 3 is 2.74 bits per heavy atom. The number of fused-ring (bicyclic) bond motifs is 1. The fourth-order valence-corrected chi connectivity index (χ4v) is 5.22. The van der Waals surface area contributed by atoms with Crippen LogP contribution in [0.5, 0.6) is 5.75 Å². The lowest BCUT2D eigenvalue weighted by molar-refractivity contribution is 0.102. The Morgan fingerprint density at radius 2 is 2.08 bits per heavy atom. The van der Waals surface area contributed by atoms with Crippen molar-refractivity contribution in [3.05, 3.63) is 48.7 Å². The normalized spacial score (nSPS) is 18.2. The van der Waals surface area contributed by atoms with E-state index in [1.807, 2.05) is 18.2 Å². The molecule has 1 aliphatic rings. The van der Waals surface area contributed by atoms with Crippen molar-refractivity contribution in [2.24, 2.45) is 0 Å². The first-order chi connectivity index (χ1) is 18.1. The Labute approximate surface area is 223 Å². The molecule has 1 saturated heterocycles. The third-order valence-corrected chi connectivity index (χ3v) is 7.84. The summed E-state index contributed by atoms with van der Waals surface area (Å²) in [5.74, 6) is 3.45. The second-order valence-corrected chi connectivity index (χ2v) is 11.6. The van der Waals surface area contributed by atoms with E-state index in [9.17, 15) is 12.8 Å². The van der Waals surface area contributed by atoms with Crippen molar-refractivity contribution in [2.75, 3.05) is 43.6 Å². The maximum absolute atomic E-state index is 15.0. The first kappa shape index (κ1) is 27.5. The van der Waals surface area contributed by atoms with Gasteiger partial charge in [0.15, 0.2) is 9.84 Å². The van der Waals surface area contributed by atoms with Gasteiger partial charge in [-0.15, -0.1) is 0 Å². The standard InChI is InChI=1S/C28H34FN5O3S/c1-6-26-21-9-7-10-25(31-23-13-16-33(19(2)3)18-22(23)29)28(21)32-34(26)15-8-14-30-24-12-11-20(38(5,35)36)17-27(24)37-4/h6-7,9-12,17,19,22-23,30-31H,1,13-14,16,18H2,2-5H3/t22-,23+/m0/s1. The molecule has 0 aliphatic carbocycles. The van der Waals surface area contributed by atoms with E-state index < -0.39 is 16.0 Å². The van der Waals surface area contributed by atoms with Crippen molar-refractivity contribution < 1.29 is 17.5 Å². The summed E-state index contributed by atoms with van der Waals surface area (Å²) in [6.07, 6.45) is 2.59. The third-order valence-electron chi connectivity index (χ3n) is 6.73. The predicted octanol–water partition coefficient (Wildman–Crippen LogP) is 4.25. The van der Waals surface area contributed by atoms with Crippen LogP contribution in [0, 0.1) is 12.0 Å². The lowest BCUT2D eigenvalue weighted by Gasteiger charge is -2.37. The van der Waals surface area contributed by atoms with E-state index in [1.54, 1.807) is 16.8 Å². The molecule has 0 spiro atoms. The average Bonchev–Trinajstić information content (AvgIpc) is 3.25. The van der Waals surface area contributed by atoms with Crippen molar-refractivity contribution in [1.29, 1.82) is 0 Å². The van der Waals surface area contributed by atoms with Crippen LogP contribution in [0.4, 0.5) is 15.8 Å². The number of piperidine rings is 1. The number of nitrogens with zero attached hydrogens (tertiary/aromatic N) is 3. The van der Waals surface area contributed by atoms with Gasteiger partial charge in [0, 0.05) is 42.9 Å². The van der Waals surface area contributed by atoms with Crippen LogP contribution < -0.4 is 15.4 Å². The maximum atomic E-state index is 15.0. The van der Waals surface area contributed by atoms with Gasteiger partial charge >= 0.3 is 0 Å². The molecule has 202 valence electrons. The topological polar surface area (TPSA) is 88.5 Å². The zero-order valence-corrected chi connectivity index (χ0v) is 23.0. The number of rotatable bonds is 8. The van der Waals surface area contributed by atoms with Crippen LogP contribution in [0.1, 0.15) is 26.0 Å². The molecule has 3 aromatic rings. The molecule has 0 saturated carbocycles. The second-order valence-electron chi connectivity index (χ2n) is 9.62. The highest BCUT2D eigenvalue weighted by Gasteiger charge is 2.30. The number of aromatic nitrogens is 2. The first-order valence-corrected chi connectivity index (χ1v) is 14.4. The lowest BCUT2D eigenvalue weighted by Crippen LogP contribution is -2.50. The third kappa shape index (κ3) is 5.95. The van der Waals surface area contributed by atoms with Crippen LogP contribution in [0.25, 0.3) is 17.0 Å². The minimum atomic E-state index is -3.34. The van der Waals surface area contributed by atoms with E-state index in [2.05, 4.69) is 47.9 Å². The Morgan fingerprint density at radius 1 is 1.29 bits per heavy atom. The van der Waals surface area contributed by atoms with Crippen molar-refractivity contribution in [2.45, 2.75) is 43.4 Å². The van der Waals surface area contributed by atoms with Gasteiger partial charge in [-0.3, -0.25) is 4.90 Å². The van der Waals surface area contributed by atoms with Crippen molar-refractivity contribution >= 4 is 38.2 Å². The molecule has 4 rings (SSSR count). The molecule has 1 fully saturated rings. The fourth-order valence-electron chi connectivity index (χ4n) is 4.59. The van der Waals surface area contributed by atoms with E-state index in [0.717, 1.165) is 29.6 Å². The Kier molecular flexibility index (Phi) is 8.29. The molecule has 2 heterocycles. The minimum absolute atomic E-state index is 0.179. The van der Waals surface area contributed by atoms with Gasteiger partial charge in [-0.1, -0.05) is 24.6 Å². The lowest BCUT2D eigenvalue weighted by atomic mass is 10.0. The predicted molar refractivity (Wildman–Crippen MR) is 151 cm³/mol. The monoisotopic (exact) mass is 539 g/mol. The van der Waals surface area contributed by atoms with Crippen LogP contribution in [0.3, 0.4) is 0 Å². The van der Waals surface area contributed by atoms with Gasteiger partial charge in [-0.25, -0.2) is 12.8 Å². The number of benzene rings is 2. The van der Waals surface area contributed by atoms with Gasteiger partial charge in [0.1, 0.15) is 17.4 Å². The molecule has 0 radical (unpaired) electrons. The highest BCUT2D eigenvalue weighted by molar-refractivity contribution is 7.90. The highest BCUT2D eigenvalue weighted by atomic mass is 32.2. The second kappa shape index (κ2) is 11.5. The summed E-state index contributed by atoms with van der Waals surface area (Å²) >= 11 is 0. The first-order valence-electron chi connectivity index (χ1n) is 12.5. The summed E-state index contributed by atoms with van der Waals surface area (Å²) in [7, 11) is -1.86. The number of halogens is 1. The molecule has 38 heavy (non-hydrogen) atoms. The molecule has 2 aromatic carbocycles. The van der Waals surface area contributed by atoms with Gasteiger partial charge in [0.05, 0.1) is 41.7 Å². The molecular weight excluding hydrogens is 505 g/mol. The van der Waals surface area contributed by atoms with Crippen LogP contribution >= 0.6 is 0 Å². The molecule has 0 amide bonds. The fraction of sp³-hybridized carbons (Fsp3) is 0.393. The number of alkyl halides is 1. The molecule has 0 bridgehead atoms. The molecule has 8 nitrogen and oxygen atoms in total. The number of nitrogens with one attached hydrogen (secondary N) is 2. The average molecular weight is 540 g/mol. The van der Waals surface area contributed by atoms with Crippen molar-refractivity contribution in [1.82, 2.24) is 14.7 Å². The number of hydrogen-bond acceptors (Lipinski definition) is 7. The summed E-state index contributed by atoms with van der Waals surface area (Å²) in [5.41, 5.74) is 2.85. The summed E-state index contributed by atoms with van der Waals surface area (Å²) in [6.45, 7) is 9.63. The Hall–Kier alpha value is -3.55. The van der Waals surface area contributed by atoms with Gasteiger partial charge < -0.3 is 15.4 Å². The largest absolute Gasteiger partial charge is 0.495 e. The highest BCUT2D eigenvalue weighted by Crippen LogP contribution is 2.29. The minimum Gasteiger partial charge on any atom is -0.495 e. The summed E-state index contributed by atoms with van der Waals surface area (Å²) in [4.78, 5) is 2.34. The summed E-state index contributed by atoms with van der Waals surface area (Å²) in [5, 5.41) is 12.1. The van der Waals surface area contributed by atoms with Crippen LogP contribution in [0.15, 0.2) is 47.9 Å². The smallest absolute Gasteiger partial charge is 0.175 e. The Balaban J connectivity index is 1.52. The Bertz CT molecular complexity index is 1490. The zero-order chi connectivity index (χ0) is 27.4. The number of likely N-dealkylation sites (tertiary alicyclic amines) is 1. The molecule has 2 atom stereocenters. The van der Waals surface area contributed by atoms with Crippen molar-refractivity contribution in [3.8, 4) is 17.7 Å². The summed E-state index contributed by atoms with van der Waals surface area (Å²) < 4.78 is 45.5. The van der Waals surface area contributed by atoms with Crippen LogP contribution in [-0.4, -0.2) is 74.4 Å². The molecule has 1 aromatic heterocycles. The number of sulfone groups is 1. The van der Waals surface area contributed by atoms with Gasteiger partial charge in [0.25, 0.3) is 0 Å². The maximum Gasteiger partial charge on any atom is 0.175 e. The van der Waals surface area contributed by atoms with Crippen molar-refractivity contribution in [3.63, 3.8) is 0 Å². The number of ether oxygens (including phenoxy) is 1. The molecule has 10 heteroatoms. The summed E-state index contributed by atoms with van der Waals surface area (Å²) in [6, 6.07) is 13.5. The molecule has 0 unspecified atom stereocenters. The number of methoxy groups -OCH3 is 1. The van der Waals surface area contributed by atoms with E-state index in [4.69, 9.17) is 9.84 Å². The van der Waals surface area contributed by atoms with Gasteiger partial charge in [-0.05, 0) is 44.5 Å². The van der Waals surface area contributed by atoms with Crippen LogP contribution in [0.2, 0.25) is 0 Å². The van der Waals surface area contributed by atoms with E-state index in [-0.39, 0.29) is 17.5 Å². The van der Waals surface area contributed by atoms with Crippen LogP contribution in [-0.2, 0) is 9.84 Å². The quantitative estimate of drug-likeness (QED) is 0.414. The number of anilines is 2.